The molecule has 3 nitrogen and oxygen atoms in total. The molecule has 4 aromatic rings. The zero-order valence-corrected chi connectivity index (χ0v) is 18.9. The van der Waals surface area contributed by atoms with E-state index in [1.165, 1.54) is 22.3 Å². The smallest absolute Gasteiger partial charge is 0.121 e. The first kappa shape index (κ1) is 20.1. The Bertz CT molecular complexity index is 1120. The van der Waals surface area contributed by atoms with E-state index in [9.17, 15) is 0 Å². The molecule has 5 heteroatoms. The van der Waals surface area contributed by atoms with Gasteiger partial charge < -0.3 is 10.1 Å². The van der Waals surface area contributed by atoms with Crippen molar-refractivity contribution in [3.63, 3.8) is 0 Å². The third-order valence-corrected chi connectivity index (χ3v) is 6.42. The van der Waals surface area contributed by atoms with Gasteiger partial charge in [-0.1, -0.05) is 28.1 Å². The fraction of sp³-hybridized carbons (Fsp3) is 0.208. The largest absolute Gasteiger partial charge is 0.497 e. The molecular weight excluding hydrogens is 444 g/mol. The van der Waals surface area contributed by atoms with Crippen LogP contribution < -0.4 is 10.1 Å². The predicted molar refractivity (Wildman–Crippen MR) is 126 cm³/mol. The van der Waals surface area contributed by atoms with E-state index in [1.807, 2.05) is 12.1 Å². The van der Waals surface area contributed by atoms with Crippen LogP contribution in [0, 0.1) is 6.92 Å². The van der Waals surface area contributed by atoms with Crippen LogP contribution in [0.4, 0.5) is 0 Å². The molecule has 29 heavy (non-hydrogen) atoms. The SMILES string of the molecule is COc1ccc2cc(CNCCc3ccc(Br)cc3)c(-c3cscc3C)nc2c1. The van der Waals surface area contributed by atoms with E-state index in [2.05, 4.69) is 75.3 Å². The number of rotatable bonds is 7. The van der Waals surface area contributed by atoms with E-state index in [4.69, 9.17) is 9.72 Å². The highest BCUT2D eigenvalue weighted by Gasteiger charge is 2.13. The summed E-state index contributed by atoms with van der Waals surface area (Å²) in [4.78, 5) is 5.02. The first-order valence-electron chi connectivity index (χ1n) is 9.60. The molecule has 0 saturated heterocycles. The predicted octanol–water partition coefficient (Wildman–Crippen LogP) is 6.38. The van der Waals surface area contributed by atoms with Crippen LogP contribution in [0.3, 0.4) is 0 Å². The Labute approximate surface area is 183 Å². The minimum atomic E-state index is 0.788. The van der Waals surface area contributed by atoms with Gasteiger partial charge in [-0.15, -0.1) is 0 Å². The molecule has 1 N–H and O–H groups in total. The van der Waals surface area contributed by atoms with Crippen molar-refractivity contribution in [2.24, 2.45) is 0 Å². The van der Waals surface area contributed by atoms with Gasteiger partial charge in [0.1, 0.15) is 5.75 Å². The molecule has 0 aliphatic rings. The van der Waals surface area contributed by atoms with Gasteiger partial charge in [0, 0.05) is 33.4 Å². The Kier molecular flexibility index (Phi) is 6.28. The van der Waals surface area contributed by atoms with E-state index >= 15 is 0 Å². The van der Waals surface area contributed by atoms with Gasteiger partial charge in [0.25, 0.3) is 0 Å². The molecule has 0 saturated carbocycles. The Morgan fingerprint density at radius 3 is 2.62 bits per heavy atom. The molecule has 2 heterocycles. The molecule has 0 atom stereocenters. The summed E-state index contributed by atoms with van der Waals surface area (Å²) in [6, 6.07) is 16.8. The number of aryl methyl sites for hydroxylation is 1. The summed E-state index contributed by atoms with van der Waals surface area (Å²) in [6.07, 6.45) is 0.998. The third kappa shape index (κ3) is 4.69. The molecule has 0 unspecified atom stereocenters. The fourth-order valence-corrected chi connectivity index (χ4v) is 4.49. The van der Waals surface area contributed by atoms with Crippen LogP contribution in [0.15, 0.2) is 63.8 Å². The lowest BCUT2D eigenvalue weighted by Gasteiger charge is -2.13. The zero-order chi connectivity index (χ0) is 20.2. The minimum Gasteiger partial charge on any atom is -0.497 e. The van der Waals surface area contributed by atoms with Gasteiger partial charge in [0.15, 0.2) is 0 Å². The molecule has 0 aliphatic carbocycles. The van der Waals surface area contributed by atoms with E-state index < -0.39 is 0 Å². The highest BCUT2D eigenvalue weighted by atomic mass is 79.9. The topological polar surface area (TPSA) is 34.1 Å². The first-order valence-corrected chi connectivity index (χ1v) is 11.3. The summed E-state index contributed by atoms with van der Waals surface area (Å²) in [5.74, 6) is 0.832. The maximum Gasteiger partial charge on any atom is 0.121 e. The van der Waals surface area contributed by atoms with Crippen molar-refractivity contribution in [3.05, 3.63) is 80.5 Å². The quantitative estimate of drug-likeness (QED) is 0.321. The maximum absolute atomic E-state index is 5.38. The number of thiophene rings is 1. The monoisotopic (exact) mass is 466 g/mol. The highest BCUT2D eigenvalue weighted by Crippen LogP contribution is 2.31. The summed E-state index contributed by atoms with van der Waals surface area (Å²) in [5, 5.41) is 9.10. The average molecular weight is 467 g/mol. The first-order chi connectivity index (χ1) is 14.1. The van der Waals surface area contributed by atoms with Gasteiger partial charge in [-0.3, -0.25) is 0 Å². The number of methoxy groups -OCH3 is 1. The molecule has 0 amide bonds. The number of nitrogens with zero attached hydrogens (tertiary/aromatic N) is 1. The van der Waals surface area contributed by atoms with E-state index in [-0.39, 0.29) is 0 Å². The van der Waals surface area contributed by atoms with Crippen LogP contribution in [0.5, 0.6) is 5.75 Å². The Balaban J connectivity index is 1.58. The number of hydrogen-bond acceptors (Lipinski definition) is 4. The number of fused-ring (bicyclic) bond motifs is 1. The summed E-state index contributed by atoms with van der Waals surface area (Å²) in [6.45, 7) is 3.86. The van der Waals surface area contributed by atoms with E-state index in [0.29, 0.717) is 0 Å². The van der Waals surface area contributed by atoms with Gasteiger partial charge in [-0.05, 0) is 72.3 Å². The molecule has 148 valence electrons. The Morgan fingerprint density at radius 2 is 1.90 bits per heavy atom. The van der Waals surface area contributed by atoms with Gasteiger partial charge in [-0.25, -0.2) is 4.98 Å². The van der Waals surface area contributed by atoms with Crippen LogP contribution in [0.25, 0.3) is 22.2 Å². The molecule has 4 rings (SSSR count). The zero-order valence-electron chi connectivity index (χ0n) is 16.5. The van der Waals surface area contributed by atoms with Gasteiger partial charge in [-0.2, -0.15) is 11.3 Å². The van der Waals surface area contributed by atoms with Gasteiger partial charge in [0.05, 0.1) is 18.3 Å². The van der Waals surface area contributed by atoms with E-state index in [1.54, 1.807) is 18.4 Å². The third-order valence-electron chi connectivity index (χ3n) is 5.03. The van der Waals surface area contributed by atoms with Crippen molar-refractivity contribution in [3.8, 4) is 17.0 Å². The molecule has 0 bridgehead atoms. The van der Waals surface area contributed by atoms with Crippen molar-refractivity contribution in [1.82, 2.24) is 10.3 Å². The van der Waals surface area contributed by atoms with Crippen molar-refractivity contribution in [2.45, 2.75) is 19.9 Å². The lowest BCUT2D eigenvalue weighted by molar-refractivity contribution is 0.415. The van der Waals surface area contributed by atoms with Crippen LogP contribution in [-0.4, -0.2) is 18.6 Å². The van der Waals surface area contributed by atoms with Crippen LogP contribution in [0.2, 0.25) is 0 Å². The number of nitrogens with one attached hydrogen (secondary N) is 1. The molecule has 0 aliphatic heterocycles. The van der Waals surface area contributed by atoms with Crippen molar-refractivity contribution >= 4 is 38.2 Å². The van der Waals surface area contributed by atoms with Crippen LogP contribution in [0.1, 0.15) is 16.7 Å². The molecule has 2 aromatic heterocycles. The second-order valence-corrected chi connectivity index (χ2v) is 8.74. The molecule has 0 radical (unpaired) electrons. The summed E-state index contributed by atoms with van der Waals surface area (Å²) in [5.41, 5.74) is 7.05. The summed E-state index contributed by atoms with van der Waals surface area (Å²) >= 11 is 5.21. The van der Waals surface area contributed by atoms with Gasteiger partial charge in [0.2, 0.25) is 0 Å². The number of aromatic nitrogens is 1. The summed E-state index contributed by atoms with van der Waals surface area (Å²) < 4.78 is 6.50. The Hall–Kier alpha value is -2.21. The highest BCUT2D eigenvalue weighted by molar-refractivity contribution is 9.10. The second-order valence-electron chi connectivity index (χ2n) is 7.08. The lowest BCUT2D eigenvalue weighted by atomic mass is 10.0. The summed E-state index contributed by atoms with van der Waals surface area (Å²) in [7, 11) is 1.69. The standard InChI is InChI=1S/C24H23BrN2OS/c1-16-14-29-15-22(16)24-19(11-18-5-8-21(28-2)12-23(18)27-24)13-26-10-9-17-3-6-20(25)7-4-17/h3-8,11-12,14-15,26H,9-10,13H2,1-2H3. The number of benzene rings is 2. The van der Waals surface area contributed by atoms with Crippen molar-refractivity contribution in [2.75, 3.05) is 13.7 Å². The van der Waals surface area contributed by atoms with E-state index in [0.717, 1.165) is 46.3 Å². The van der Waals surface area contributed by atoms with Crippen LogP contribution in [-0.2, 0) is 13.0 Å². The van der Waals surface area contributed by atoms with Gasteiger partial charge >= 0.3 is 0 Å². The van der Waals surface area contributed by atoms with Crippen molar-refractivity contribution in [1.29, 1.82) is 0 Å². The number of hydrogen-bond donors (Lipinski definition) is 1. The normalized spacial score (nSPS) is 11.1. The average Bonchev–Trinajstić information content (AvgIpc) is 3.17. The Morgan fingerprint density at radius 1 is 1.07 bits per heavy atom. The molecule has 0 fully saturated rings. The second kappa shape index (κ2) is 9.08. The molecule has 2 aromatic carbocycles. The van der Waals surface area contributed by atoms with Crippen LogP contribution >= 0.6 is 27.3 Å². The molecule has 0 spiro atoms. The minimum absolute atomic E-state index is 0.788. The number of halogens is 1. The fourth-order valence-electron chi connectivity index (χ4n) is 3.40. The van der Waals surface area contributed by atoms with Crippen molar-refractivity contribution < 1.29 is 4.74 Å². The maximum atomic E-state index is 5.38. The lowest BCUT2D eigenvalue weighted by Crippen LogP contribution is -2.17. The number of pyridine rings is 1. The molecular formula is C24H23BrN2OS. The number of ether oxygens (including phenoxy) is 1.